The summed E-state index contributed by atoms with van der Waals surface area (Å²) >= 11 is 6.41. The molecule has 10 heteroatoms. The van der Waals surface area contributed by atoms with Crippen LogP contribution in [0.2, 0.25) is 0 Å². The Morgan fingerprint density at radius 1 is 0.944 bits per heavy atom. The topological polar surface area (TPSA) is 83.1 Å². The monoisotopic (exact) mass is 611 g/mol. The second-order valence-electron chi connectivity index (χ2n) is 8.77. The van der Waals surface area contributed by atoms with Crippen molar-refractivity contribution in [3.8, 4) is 5.69 Å². The van der Waals surface area contributed by atoms with Crippen molar-refractivity contribution in [1.82, 2.24) is 13.9 Å². The summed E-state index contributed by atoms with van der Waals surface area (Å²) in [5.74, 6) is -1.81. The molecule has 2 aromatic carbocycles. The molecule has 3 aliphatic rings. The first-order chi connectivity index (χ1) is 17.3. The Hall–Kier alpha value is -3.37. The van der Waals surface area contributed by atoms with Gasteiger partial charge >= 0.3 is 11.4 Å². The van der Waals surface area contributed by atoms with E-state index in [2.05, 4.69) is 31.9 Å². The van der Waals surface area contributed by atoms with Crippen LogP contribution in [0.15, 0.2) is 95.9 Å². The van der Waals surface area contributed by atoms with Gasteiger partial charge in [0.2, 0.25) is 0 Å². The molecule has 6 rings (SSSR count). The van der Waals surface area contributed by atoms with Crippen LogP contribution in [0.25, 0.3) is 5.69 Å². The molecule has 0 amide bonds. The Morgan fingerprint density at radius 3 is 2.42 bits per heavy atom. The lowest BCUT2D eigenvalue weighted by Gasteiger charge is -2.39. The normalized spacial score (nSPS) is 21.0. The molecule has 0 spiro atoms. The highest BCUT2D eigenvalue weighted by atomic mass is 79.9. The van der Waals surface area contributed by atoms with E-state index in [1.165, 1.54) is 21.5 Å². The molecule has 2 heterocycles. The minimum Gasteiger partial charge on any atom is -0.290 e. The molecule has 0 radical (unpaired) electrons. The number of benzene rings is 2. The van der Waals surface area contributed by atoms with Crippen molar-refractivity contribution >= 4 is 43.4 Å². The lowest BCUT2D eigenvalue weighted by Crippen LogP contribution is -2.40. The fourth-order valence-electron chi connectivity index (χ4n) is 5.35. The van der Waals surface area contributed by atoms with Crippen molar-refractivity contribution in [2.75, 3.05) is 0 Å². The molecule has 1 aromatic heterocycles. The fourth-order valence-corrected chi connectivity index (χ4v) is 6.19. The van der Waals surface area contributed by atoms with Gasteiger partial charge in [0, 0.05) is 29.6 Å². The zero-order chi connectivity index (χ0) is 25.3. The van der Waals surface area contributed by atoms with Crippen molar-refractivity contribution < 1.29 is 14.0 Å². The van der Waals surface area contributed by atoms with Crippen LogP contribution in [0, 0.1) is 5.82 Å². The van der Waals surface area contributed by atoms with E-state index in [0.717, 1.165) is 4.57 Å². The quantitative estimate of drug-likeness (QED) is 0.322. The summed E-state index contributed by atoms with van der Waals surface area (Å²) in [6.07, 6.45) is 3.16. The highest BCUT2D eigenvalue weighted by Crippen LogP contribution is 2.50. The minimum absolute atomic E-state index is 0.0751. The minimum atomic E-state index is -0.681. The Balaban J connectivity index is 1.60. The van der Waals surface area contributed by atoms with E-state index in [1.807, 2.05) is 6.08 Å². The van der Waals surface area contributed by atoms with Crippen LogP contribution in [-0.2, 0) is 16.1 Å². The number of rotatable bonds is 2. The van der Waals surface area contributed by atoms with Crippen molar-refractivity contribution in [2.45, 2.75) is 24.9 Å². The molecule has 2 aliphatic carbocycles. The van der Waals surface area contributed by atoms with Gasteiger partial charge in [-0.25, -0.2) is 27.9 Å². The molecular formula is C26H16Br2FN3O4. The van der Waals surface area contributed by atoms with Gasteiger partial charge in [-0.05, 0) is 67.3 Å². The molecule has 7 nitrogen and oxygen atoms in total. The summed E-state index contributed by atoms with van der Waals surface area (Å²) in [6.45, 7) is 0.114. The van der Waals surface area contributed by atoms with Gasteiger partial charge in [0.25, 0.3) is 0 Å². The van der Waals surface area contributed by atoms with Gasteiger partial charge in [-0.2, -0.15) is 0 Å². The van der Waals surface area contributed by atoms with Gasteiger partial charge in [0.05, 0.1) is 27.2 Å². The Labute approximate surface area is 220 Å². The number of Topliss-reactive ketones (excluding diaryl/α,β-unsaturated/α-hetero) is 1. The molecular weight excluding hydrogens is 597 g/mol. The SMILES string of the molecule is O=C1C=C(Br)C(=O)C2=C1[C@@H](c1ccc(F)c(Br)c1)C1=CCn3c(=O)n(-c4ccccc4)c(=O)n3C1C2. The standard InChI is InChI=1S/C26H16Br2FN3O4/c27-17-10-13(6-7-19(17)29)22-15-8-9-30-25(35)31(14-4-2-1-3-5-14)26(36)32(30)20(15)11-16-23(22)21(33)12-18(28)24(16)34/h1-8,10,12,20,22H,9,11H2/t20?,22-/m0/s1. The second kappa shape index (κ2) is 8.35. The number of allylic oxidation sites excluding steroid dienone is 6. The molecule has 0 bridgehead atoms. The van der Waals surface area contributed by atoms with E-state index in [1.54, 1.807) is 42.5 Å². The fraction of sp³-hybridized carbons (Fsp3) is 0.154. The zero-order valence-electron chi connectivity index (χ0n) is 18.5. The van der Waals surface area contributed by atoms with E-state index in [0.29, 0.717) is 22.4 Å². The number of fused-ring (bicyclic) bond motifs is 3. The Kier molecular flexibility index (Phi) is 5.34. The number of para-hydroxylation sites is 1. The predicted molar refractivity (Wildman–Crippen MR) is 137 cm³/mol. The summed E-state index contributed by atoms with van der Waals surface area (Å²) in [5.41, 5.74) is 1.33. The third kappa shape index (κ3) is 3.27. The molecule has 0 fully saturated rings. The summed E-state index contributed by atoms with van der Waals surface area (Å²) in [5, 5.41) is 0. The van der Waals surface area contributed by atoms with Crippen molar-refractivity contribution in [1.29, 1.82) is 0 Å². The van der Waals surface area contributed by atoms with E-state index in [4.69, 9.17) is 0 Å². The average Bonchev–Trinajstić information content (AvgIpc) is 3.13. The Bertz CT molecular complexity index is 1710. The maximum Gasteiger partial charge on any atom is 0.352 e. The molecule has 180 valence electrons. The van der Waals surface area contributed by atoms with Gasteiger partial charge in [-0.3, -0.25) is 9.59 Å². The van der Waals surface area contributed by atoms with Crippen LogP contribution in [0.4, 0.5) is 4.39 Å². The number of carbonyl (C=O) groups is 2. The number of nitrogens with zero attached hydrogens (tertiary/aromatic N) is 3. The summed E-state index contributed by atoms with van der Waals surface area (Å²) in [4.78, 5) is 53.3. The molecule has 36 heavy (non-hydrogen) atoms. The molecule has 2 atom stereocenters. The first-order valence-corrected chi connectivity index (χ1v) is 12.7. The van der Waals surface area contributed by atoms with E-state index < -0.39 is 29.2 Å². The maximum atomic E-state index is 14.1. The van der Waals surface area contributed by atoms with Crippen molar-refractivity contribution in [3.63, 3.8) is 0 Å². The third-order valence-electron chi connectivity index (χ3n) is 6.89. The first-order valence-electron chi connectivity index (χ1n) is 11.1. The molecule has 1 aliphatic heterocycles. The van der Waals surface area contributed by atoms with Gasteiger partial charge < -0.3 is 0 Å². The van der Waals surface area contributed by atoms with Crippen LogP contribution in [0.3, 0.4) is 0 Å². The number of aromatic nitrogens is 3. The summed E-state index contributed by atoms with van der Waals surface area (Å²) in [6, 6.07) is 12.4. The number of hydrogen-bond donors (Lipinski definition) is 0. The number of halogens is 3. The van der Waals surface area contributed by atoms with E-state index in [-0.39, 0.29) is 39.1 Å². The predicted octanol–water partition coefficient (Wildman–Crippen LogP) is 4.10. The largest absolute Gasteiger partial charge is 0.352 e. The lowest BCUT2D eigenvalue weighted by atomic mass is 9.69. The van der Waals surface area contributed by atoms with Crippen molar-refractivity contribution in [2.24, 2.45) is 0 Å². The van der Waals surface area contributed by atoms with Crippen molar-refractivity contribution in [3.05, 3.63) is 119 Å². The highest BCUT2D eigenvalue weighted by Gasteiger charge is 2.45. The first kappa shape index (κ1) is 23.1. The maximum absolute atomic E-state index is 14.1. The second-order valence-corrected chi connectivity index (χ2v) is 10.5. The smallest absolute Gasteiger partial charge is 0.290 e. The van der Waals surface area contributed by atoms with Crippen LogP contribution < -0.4 is 11.4 Å². The van der Waals surface area contributed by atoms with Gasteiger partial charge in [0.1, 0.15) is 5.82 Å². The zero-order valence-corrected chi connectivity index (χ0v) is 21.6. The highest BCUT2D eigenvalue weighted by molar-refractivity contribution is 9.12. The van der Waals surface area contributed by atoms with Crippen LogP contribution in [-0.4, -0.2) is 25.5 Å². The average molecular weight is 613 g/mol. The summed E-state index contributed by atoms with van der Waals surface area (Å²) < 4.78 is 18.3. The van der Waals surface area contributed by atoms with Crippen LogP contribution >= 0.6 is 31.9 Å². The van der Waals surface area contributed by atoms with Gasteiger partial charge in [0.15, 0.2) is 11.6 Å². The van der Waals surface area contributed by atoms with Crippen LogP contribution in [0.1, 0.15) is 23.9 Å². The lowest BCUT2D eigenvalue weighted by molar-refractivity contribution is -0.115. The molecule has 1 unspecified atom stereocenters. The van der Waals surface area contributed by atoms with Gasteiger partial charge in [-0.15, -0.1) is 0 Å². The molecule has 3 aromatic rings. The van der Waals surface area contributed by atoms with E-state index in [9.17, 15) is 23.6 Å². The van der Waals surface area contributed by atoms with E-state index >= 15 is 0 Å². The van der Waals surface area contributed by atoms with Crippen LogP contribution in [0.5, 0.6) is 0 Å². The number of hydrogen-bond acceptors (Lipinski definition) is 4. The molecule has 0 saturated carbocycles. The molecule has 0 N–H and O–H groups in total. The number of ketones is 2. The summed E-state index contributed by atoms with van der Waals surface area (Å²) in [7, 11) is 0. The number of carbonyl (C=O) groups excluding carboxylic acids is 2. The Morgan fingerprint density at radius 2 is 1.69 bits per heavy atom. The van der Waals surface area contributed by atoms with Gasteiger partial charge in [-0.1, -0.05) is 30.3 Å². The molecule has 0 saturated heterocycles. The third-order valence-corrected chi connectivity index (χ3v) is 8.09.